The predicted molar refractivity (Wildman–Crippen MR) is 101 cm³/mol. The van der Waals surface area contributed by atoms with Crippen LogP contribution in [0.5, 0.6) is 11.5 Å². The molecule has 0 bridgehead atoms. The van der Waals surface area contributed by atoms with Gasteiger partial charge in [0, 0.05) is 18.1 Å². The number of halogens is 1. The first kappa shape index (κ1) is 17.1. The Labute approximate surface area is 152 Å². The molecule has 0 aliphatic carbocycles. The number of benzene rings is 2. The largest absolute Gasteiger partial charge is 0.504 e. The van der Waals surface area contributed by atoms with Gasteiger partial charge in [-0.05, 0) is 66.6 Å². The Bertz CT molecular complexity index is 746. The van der Waals surface area contributed by atoms with Crippen LogP contribution >= 0.6 is 23.8 Å². The van der Waals surface area contributed by atoms with E-state index in [-0.39, 0.29) is 11.5 Å². The zero-order chi connectivity index (χ0) is 17.1. The van der Waals surface area contributed by atoms with Crippen molar-refractivity contribution in [2.75, 3.05) is 6.54 Å². The second kappa shape index (κ2) is 7.41. The molecule has 3 rings (SSSR count). The highest BCUT2D eigenvalue weighted by atomic mass is 35.5. The van der Waals surface area contributed by atoms with Crippen molar-refractivity contribution in [2.45, 2.75) is 32.2 Å². The maximum absolute atomic E-state index is 9.68. The van der Waals surface area contributed by atoms with E-state index in [1.807, 2.05) is 12.1 Å². The maximum Gasteiger partial charge on any atom is 0.157 e. The molecule has 1 heterocycles. The number of nitrogens with zero attached hydrogens (tertiary/aromatic N) is 1. The van der Waals surface area contributed by atoms with Crippen LogP contribution in [0.3, 0.4) is 0 Å². The first-order valence-electron chi connectivity index (χ1n) is 8.09. The van der Waals surface area contributed by atoms with E-state index in [9.17, 15) is 10.2 Å². The number of hydrogen-bond acceptors (Lipinski definition) is 3. The van der Waals surface area contributed by atoms with Gasteiger partial charge in [-0.3, -0.25) is 0 Å². The topological polar surface area (TPSA) is 43.7 Å². The molecule has 2 aromatic carbocycles. The van der Waals surface area contributed by atoms with Crippen LogP contribution in [0.15, 0.2) is 36.4 Å². The van der Waals surface area contributed by atoms with Crippen molar-refractivity contribution in [2.24, 2.45) is 0 Å². The van der Waals surface area contributed by atoms with Crippen molar-refractivity contribution in [3.63, 3.8) is 0 Å². The molecule has 0 spiro atoms. The van der Waals surface area contributed by atoms with Gasteiger partial charge in [0.15, 0.2) is 11.5 Å². The molecule has 5 heteroatoms. The van der Waals surface area contributed by atoms with E-state index in [4.69, 9.17) is 23.8 Å². The Morgan fingerprint density at radius 3 is 2.46 bits per heavy atom. The number of aromatic hydroxyl groups is 2. The van der Waals surface area contributed by atoms with Crippen molar-refractivity contribution in [3.8, 4) is 11.5 Å². The first-order chi connectivity index (χ1) is 11.5. The molecule has 3 nitrogen and oxygen atoms in total. The summed E-state index contributed by atoms with van der Waals surface area (Å²) in [4.78, 5) is 3.15. The smallest absolute Gasteiger partial charge is 0.157 e. The minimum Gasteiger partial charge on any atom is -0.504 e. The van der Waals surface area contributed by atoms with Gasteiger partial charge in [-0.15, -0.1) is 0 Å². The van der Waals surface area contributed by atoms with E-state index < -0.39 is 0 Å². The standard InChI is InChI=1S/C19H20ClNO2S/c20-16-6-4-13(5-7-16)2-1-3-19(24)21-9-8-14-10-17(22)18(23)11-15(14)12-21/h4-7,10-11,22-23H,1-3,8-9,12H2. The summed E-state index contributed by atoms with van der Waals surface area (Å²) in [6.07, 6.45) is 3.69. The van der Waals surface area contributed by atoms with Crippen LogP contribution in [0.1, 0.15) is 29.5 Å². The lowest BCUT2D eigenvalue weighted by Crippen LogP contribution is -2.34. The van der Waals surface area contributed by atoms with Crippen molar-refractivity contribution >= 4 is 28.8 Å². The molecule has 0 amide bonds. The number of hydrogen-bond donors (Lipinski definition) is 2. The minimum atomic E-state index is -0.0655. The highest BCUT2D eigenvalue weighted by molar-refractivity contribution is 7.80. The van der Waals surface area contributed by atoms with Crippen LogP contribution in [0, 0.1) is 0 Å². The Morgan fingerprint density at radius 2 is 1.75 bits per heavy atom. The molecule has 2 N–H and O–H groups in total. The van der Waals surface area contributed by atoms with E-state index in [1.54, 1.807) is 12.1 Å². The van der Waals surface area contributed by atoms with Gasteiger partial charge in [-0.25, -0.2) is 0 Å². The van der Waals surface area contributed by atoms with Gasteiger partial charge in [-0.1, -0.05) is 36.0 Å². The van der Waals surface area contributed by atoms with Gasteiger partial charge in [-0.2, -0.15) is 0 Å². The van der Waals surface area contributed by atoms with Crippen molar-refractivity contribution in [3.05, 3.63) is 58.1 Å². The molecule has 1 aliphatic rings. The highest BCUT2D eigenvalue weighted by Crippen LogP contribution is 2.31. The molecule has 24 heavy (non-hydrogen) atoms. The van der Waals surface area contributed by atoms with Crippen molar-refractivity contribution < 1.29 is 10.2 Å². The van der Waals surface area contributed by atoms with Crippen molar-refractivity contribution in [1.29, 1.82) is 0 Å². The van der Waals surface area contributed by atoms with Gasteiger partial charge in [0.25, 0.3) is 0 Å². The summed E-state index contributed by atoms with van der Waals surface area (Å²) in [5.74, 6) is -0.114. The number of phenols is 2. The summed E-state index contributed by atoms with van der Waals surface area (Å²) in [5, 5.41) is 20.0. The van der Waals surface area contributed by atoms with E-state index in [2.05, 4.69) is 17.0 Å². The van der Waals surface area contributed by atoms with Crippen LogP contribution in [-0.2, 0) is 19.4 Å². The lowest BCUT2D eigenvalue weighted by Gasteiger charge is -2.31. The van der Waals surface area contributed by atoms with Gasteiger partial charge in [0.2, 0.25) is 0 Å². The number of aryl methyl sites for hydroxylation is 1. The van der Waals surface area contributed by atoms with Gasteiger partial charge >= 0.3 is 0 Å². The Kier molecular flexibility index (Phi) is 5.27. The lowest BCUT2D eigenvalue weighted by molar-refractivity contribution is 0.377. The van der Waals surface area contributed by atoms with Crippen LogP contribution in [0.4, 0.5) is 0 Å². The normalized spacial score (nSPS) is 13.6. The summed E-state index contributed by atoms with van der Waals surface area (Å²) >= 11 is 11.5. The van der Waals surface area contributed by atoms with E-state index in [0.29, 0.717) is 6.54 Å². The number of rotatable bonds is 4. The second-order valence-corrected chi connectivity index (χ2v) is 7.06. The predicted octanol–water partition coefficient (Wildman–Crippen LogP) is 4.46. The summed E-state index contributed by atoms with van der Waals surface area (Å²) < 4.78 is 0. The van der Waals surface area contributed by atoms with Crippen LogP contribution < -0.4 is 0 Å². The fourth-order valence-electron chi connectivity index (χ4n) is 3.05. The van der Waals surface area contributed by atoms with Crippen LogP contribution in [0.25, 0.3) is 0 Å². The Balaban J connectivity index is 1.54. The summed E-state index contributed by atoms with van der Waals surface area (Å²) in [6, 6.07) is 11.2. The monoisotopic (exact) mass is 361 g/mol. The third kappa shape index (κ3) is 4.00. The molecule has 1 aliphatic heterocycles. The average molecular weight is 362 g/mol. The van der Waals surface area contributed by atoms with Crippen molar-refractivity contribution in [1.82, 2.24) is 4.90 Å². The molecule has 0 atom stereocenters. The molecular weight excluding hydrogens is 342 g/mol. The SMILES string of the molecule is Oc1cc2c(cc1O)CN(C(=S)CCCc1ccc(Cl)cc1)CC2. The molecule has 0 aromatic heterocycles. The molecule has 2 aromatic rings. The number of fused-ring (bicyclic) bond motifs is 1. The van der Waals surface area contributed by atoms with Crippen LogP contribution in [0.2, 0.25) is 5.02 Å². The first-order valence-corrected chi connectivity index (χ1v) is 8.87. The maximum atomic E-state index is 9.68. The number of phenolic OH excluding ortho intramolecular Hbond substituents is 2. The fourth-order valence-corrected chi connectivity index (χ4v) is 3.48. The van der Waals surface area contributed by atoms with Gasteiger partial charge < -0.3 is 15.1 Å². The minimum absolute atomic E-state index is 0.0484. The van der Waals surface area contributed by atoms with E-state index >= 15 is 0 Å². The Hall–Kier alpha value is -1.78. The average Bonchev–Trinajstić information content (AvgIpc) is 2.57. The molecular formula is C19H20ClNO2S. The molecule has 126 valence electrons. The quantitative estimate of drug-likeness (QED) is 0.623. The summed E-state index contributed by atoms with van der Waals surface area (Å²) in [6.45, 7) is 1.56. The third-order valence-corrected chi connectivity index (χ3v) is 5.15. The molecule has 0 fully saturated rings. The molecule has 0 saturated heterocycles. The van der Waals surface area contributed by atoms with Gasteiger partial charge in [0.1, 0.15) is 0 Å². The molecule has 0 unspecified atom stereocenters. The zero-order valence-corrected chi connectivity index (χ0v) is 14.9. The number of thiocarbonyl (C=S) groups is 1. The third-order valence-electron chi connectivity index (χ3n) is 4.43. The summed E-state index contributed by atoms with van der Waals surface area (Å²) in [7, 11) is 0. The second-order valence-electron chi connectivity index (χ2n) is 6.15. The summed E-state index contributed by atoms with van der Waals surface area (Å²) in [5.41, 5.74) is 3.40. The van der Waals surface area contributed by atoms with Gasteiger partial charge in [0.05, 0.1) is 4.99 Å². The van der Waals surface area contributed by atoms with Crippen LogP contribution in [-0.4, -0.2) is 26.6 Å². The van der Waals surface area contributed by atoms with E-state index in [0.717, 1.165) is 53.4 Å². The van der Waals surface area contributed by atoms with E-state index in [1.165, 1.54) is 5.56 Å². The molecule has 0 radical (unpaired) electrons. The molecule has 0 saturated carbocycles. The highest BCUT2D eigenvalue weighted by Gasteiger charge is 2.20. The lowest BCUT2D eigenvalue weighted by atomic mass is 9.98. The zero-order valence-electron chi connectivity index (χ0n) is 13.3. The Morgan fingerprint density at radius 1 is 1.08 bits per heavy atom. The fraction of sp³-hybridized carbons (Fsp3) is 0.316.